The normalized spacial score (nSPS) is 12.3. The van der Waals surface area contributed by atoms with Crippen LogP contribution in [-0.4, -0.2) is 48.6 Å². The summed E-state index contributed by atoms with van der Waals surface area (Å²) in [6.45, 7) is -0.00690. The summed E-state index contributed by atoms with van der Waals surface area (Å²) in [5, 5.41) is 14.2. The summed E-state index contributed by atoms with van der Waals surface area (Å²) in [7, 11) is 0. The Bertz CT molecular complexity index is 1410. The van der Waals surface area contributed by atoms with Gasteiger partial charge in [0.05, 0.1) is 11.1 Å². The highest BCUT2D eigenvalue weighted by Gasteiger charge is 2.26. The highest BCUT2D eigenvalue weighted by molar-refractivity contribution is 6.30. The monoisotopic (exact) mass is 509 g/mol. The number of ether oxygens (including phenoxy) is 2. The van der Waals surface area contributed by atoms with Gasteiger partial charge in [0.2, 0.25) is 5.88 Å². The van der Waals surface area contributed by atoms with E-state index >= 15 is 0 Å². The van der Waals surface area contributed by atoms with Crippen molar-refractivity contribution in [2.75, 3.05) is 6.67 Å². The summed E-state index contributed by atoms with van der Waals surface area (Å²) in [4.78, 5) is 20.9. The van der Waals surface area contributed by atoms with E-state index in [1.54, 1.807) is 13.0 Å². The van der Waals surface area contributed by atoms with Crippen molar-refractivity contribution in [3.05, 3.63) is 64.2 Å². The van der Waals surface area contributed by atoms with Crippen LogP contribution in [0.4, 0.5) is 13.2 Å². The average molecular weight is 510 g/mol. The molecule has 0 bridgehead atoms. The molecule has 9 nitrogen and oxygen atoms in total. The second-order valence-electron chi connectivity index (χ2n) is 7.21. The van der Waals surface area contributed by atoms with Gasteiger partial charge in [0.25, 0.3) is 6.43 Å². The number of rotatable bonds is 9. The van der Waals surface area contributed by atoms with E-state index in [9.17, 15) is 23.1 Å². The lowest BCUT2D eigenvalue weighted by Crippen LogP contribution is -2.28. The Morgan fingerprint density at radius 3 is 2.60 bits per heavy atom. The maximum absolute atomic E-state index is 13.4. The molecule has 0 aliphatic carbocycles. The molecule has 1 atom stereocenters. The Hall–Kier alpha value is -3.64. The third kappa shape index (κ3) is 4.80. The predicted octanol–water partition coefficient (Wildman–Crippen LogP) is 3.92. The number of hydrogen-bond donors (Lipinski definition) is 1. The van der Waals surface area contributed by atoms with Gasteiger partial charge in [-0.3, -0.25) is 4.57 Å². The predicted molar refractivity (Wildman–Crippen MR) is 120 cm³/mol. The van der Waals surface area contributed by atoms with E-state index in [0.717, 1.165) is 4.68 Å². The van der Waals surface area contributed by atoms with E-state index in [-0.39, 0.29) is 46.0 Å². The minimum atomic E-state index is -3.13. The van der Waals surface area contributed by atoms with E-state index in [2.05, 4.69) is 15.1 Å². The zero-order valence-electron chi connectivity index (χ0n) is 18.2. The Balaban J connectivity index is 1.93. The molecule has 3 heterocycles. The van der Waals surface area contributed by atoms with Gasteiger partial charge in [0, 0.05) is 25.0 Å². The van der Waals surface area contributed by atoms with E-state index in [4.69, 9.17) is 21.1 Å². The van der Waals surface area contributed by atoms with Crippen molar-refractivity contribution in [1.82, 2.24) is 24.3 Å². The van der Waals surface area contributed by atoms with Crippen molar-refractivity contribution in [1.29, 1.82) is 0 Å². The maximum Gasteiger partial charge on any atom is 0.350 e. The molecule has 0 saturated carbocycles. The van der Waals surface area contributed by atoms with E-state index in [1.807, 2.05) is 0 Å². The second kappa shape index (κ2) is 10.3. The van der Waals surface area contributed by atoms with Gasteiger partial charge in [0.15, 0.2) is 22.8 Å². The molecule has 4 rings (SSSR count). The molecule has 1 aromatic carbocycles. The van der Waals surface area contributed by atoms with Gasteiger partial charge >= 0.3 is 5.69 Å². The Labute approximate surface area is 201 Å². The van der Waals surface area contributed by atoms with Crippen LogP contribution >= 0.6 is 11.6 Å². The number of nitrogens with zero attached hydrogens (tertiary/aromatic N) is 5. The van der Waals surface area contributed by atoms with Gasteiger partial charge in [0.1, 0.15) is 19.0 Å². The SMILES string of the molecule is CCn1c(CO)nn(-c2cc(OC(CF)C(F)F)c3c(Oc4cccnc4Cl)nccc3c2)c1=O. The fourth-order valence-electron chi connectivity index (χ4n) is 3.43. The number of halogens is 4. The first-order valence-electron chi connectivity index (χ1n) is 10.4. The van der Waals surface area contributed by atoms with Gasteiger partial charge in [-0.2, -0.15) is 4.68 Å². The lowest BCUT2D eigenvalue weighted by atomic mass is 10.1. The summed E-state index contributed by atoms with van der Waals surface area (Å²) in [5.74, 6) is -0.0230. The molecule has 0 saturated heterocycles. The first kappa shape index (κ1) is 24.5. The number of fused-ring (bicyclic) bond motifs is 1. The van der Waals surface area contributed by atoms with Crippen LogP contribution in [0.1, 0.15) is 12.7 Å². The van der Waals surface area contributed by atoms with Gasteiger partial charge in [-0.05, 0) is 36.6 Å². The molecule has 0 fully saturated rings. The van der Waals surface area contributed by atoms with Crippen molar-refractivity contribution < 1.29 is 27.8 Å². The average Bonchev–Trinajstić information content (AvgIpc) is 3.18. The van der Waals surface area contributed by atoms with Crippen LogP contribution in [0.25, 0.3) is 16.5 Å². The van der Waals surface area contributed by atoms with Gasteiger partial charge in [-0.25, -0.2) is 27.9 Å². The quantitative estimate of drug-likeness (QED) is 0.341. The molecule has 0 spiro atoms. The van der Waals surface area contributed by atoms with Crippen molar-refractivity contribution >= 4 is 22.4 Å². The summed E-state index contributed by atoms with van der Waals surface area (Å²) >= 11 is 6.07. The number of aliphatic hydroxyl groups excluding tert-OH is 1. The highest BCUT2D eigenvalue weighted by Crippen LogP contribution is 2.38. The summed E-state index contributed by atoms with van der Waals surface area (Å²) < 4.78 is 53.5. The summed E-state index contributed by atoms with van der Waals surface area (Å²) in [6.07, 6.45) is -2.37. The third-order valence-electron chi connectivity index (χ3n) is 5.06. The van der Waals surface area contributed by atoms with Crippen molar-refractivity contribution in [2.45, 2.75) is 32.6 Å². The lowest BCUT2D eigenvalue weighted by Gasteiger charge is -2.19. The van der Waals surface area contributed by atoms with Crippen LogP contribution in [0.2, 0.25) is 5.15 Å². The molecule has 0 radical (unpaired) electrons. The zero-order valence-corrected chi connectivity index (χ0v) is 19.0. The number of aromatic nitrogens is 5. The molecule has 0 aliphatic rings. The lowest BCUT2D eigenvalue weighted by molar-refractivity contribution is -0.000431. The highest BCUT2D eigenvalue weighted by atomic mass is 35.5. The second-order valence-corrected chi connectivity index (χ2v) is 7.57. The van der Waals surface area contributed by atoms with E-state index in [0.29, 0.717) is 5.39 Å². The van der Waals surface area contributed by atoms with E-state index in [1.165, 1.54) is 41.2 Å². The first-order valence-corrected chi connectivity index (χ1v) is 10.8. The molecule has 184 valence electrons. The van der Waals surface area contributed by atoms with E-state index < -0.39 is 31.5 Å². The molecule has 0 amide bonds. The standard InChI is InChI=1S/C22H19ClF3N5O4/c1-2-30-17(11-32)29-31(22(30)33)13-8-12-5-7-28-21(35-14-4-3-6-27-19(14)23)18(12)15(9-13)34-16(10-24)20(25)26/h3-9,16,20,32H,2,10-11H2,1H3. The van der Waals surface area contributed by atoms with Crippen molar-refractivity contribution in [3.8, 4) is 23.1 Å². The minimum absolute atomic E-state index is 0.0350. The smallest absolute Gasteiger partial charge is 0.350 e. The molecular formula is C22H19ClF3N5O4. The molecule has 4 aromatic rings. The number of pyridine rings is 2. The Morgan fingerprint density at radius 2 is 1.97 bits per heavy atom. The van der Waals surface area contributed by atoms with Crippen LogP contribution in [0.15, 0.2) is 47.5 Å². The van der Waals surface area contributed by atoms with Crippen LogP contribution in [0.5, 0.6) is 17.4 Å². The molecular weight excluding hydrogens is 491 g/mol. The molecule has 3 aromatic heterocycles. The van der Waals surface area contributed by atoms with Crippen molar-refractivity contribution in [3.63, 3.8) is 0 Å². The van der Waals surface area contributed by atoms with Crippen LogP contribution in [-0.2, 0) is 13.2 Å². The molecule has 13 heteroatoms. The minimum Gasteiger partial charge on any atom is -0.481 e. The summed E-state index contributed by atoms with van der Waals surface area (Å²) in [5.41, 5.74) is -0.423. The first-order chi connectivity index (χ1) is 16.9. The number of hydrogen-bond acceptors (Lipinski definition) is 7. The molecule has 0 aliphatic heterocycles. The van der Waals surface area contributed by atoms with Crippen LogP contribution in [0, 0.1) is 0 Å². The van der Waals surface area contributed by atoms with Gasteiger partial charge < -0.3 is 14.6 Å². The largest absolute Gasteiger partial charge is 0.481 e. The van der Waals surface area contributed by atoms with Crippen LogP contribution in [0.3, 0.4) is 0 Å². The van der Waals surface area contributed by atoms with Gasteiger partial charge in [-0.1, -0.05) is 11.6 Å². The fourth-order valence-corrected chi connectivity index (χ4v) is 3.59. The fraction of sp³-hybridized carbons (Fsp3) is 0.273. The molecule has 1 unspecified atom stereocenters. The number of aliphatic hydroxyl groups is 1. The third-order valence-corrected chi connectivity index (χ3v) is 5.35. The van der Waals surface area contributed by atoms with Crippen LogP contribution < -0.4 is 15.2 Å². The zero-order chi connectivity index (χ0) is 25.1. The topological polar surface area (TPSA) is 104 Å². The van der Waals surface area contributed by atoms with Gasteiger partial charge in [-0.15, -0.1) is 5.10 Å². The van der Waals surface area contributed by atoms with Crippen molar-refractivity contribution in [2.24, 2.45) is 0 Å². The molecule has 35 heavy (non-hydrogen) atoms. The Kier molecular flexibility index (Phi) is 7.22. The Morgan fingerprint density at radius 1 is 1.17 bits per heavy atom. The number of alkyl halides is 3. The maximum atomic E-state index is 13.4. The number of benzene rings is 1. The molecule has 1 N–H and O–H groups in total. The summed E-state index contributed by atoms with van der Waals surface area (Å²) in [6, 6.07) is 7.42.